The van der Waals surface area contributed by atoms with Crippen molar-refractivity contribution >= 4 is 64.6 Å². The Morgan fingerprint density at radius 3 is 2.43 bits per heavy atom. The van der Waals surface area contributed by atoms with Crippen molar-refractivity contribution < 1.29 is 33.6 Å². The zero-order valence-electron chi connectivity index (χ0n) is 24.8. The van der Waals surface area contributed by atoms with Crippen LogP contribution in [0.15, 0.2) is 64.9 Å². The molecule has 0 aliphatic carbocycles. The summed E-state index contributed by atoms with van der Waals surface area (Å²) in [5.74, 6) is 0.357. The van der Waals surface area contributed by atoms with Crippen LogP contribution in [-0.4, -0.2) is 49.9 Å². The van der Waals surface area contributed by atoms with Gasteiger partial charge in [0.25, 0.3) is 0 Å². The lowest BCUT2D eigenvalue weighted by Gasteiger charge is -2.28. The Kier molecular flexibility index (Phi) is 12.3. The molecular weight excluding hydrogens is 682 g/mol. The molecule has 2 atom stereocenters. The highest BCUT2D eigenvalue weighted by Gasteiger charge is 2.32. The smallest absolute Gasteiger partial charge is 0.337 e. The zero-order valence-corrected chi connectivity index (χ0v) is 27.9. The minimum Gasteiger partial charge on any atom is -0.490 e. The lowest BCUT2D eigenvalue weighted by molar-refractivity contribution is -0.136. The summed E-state index contributed by atoms with van der Waals surface area (Å²) in [5.41, 5.74) is 5.02. The van der Waals surface area contributed by atoms with E-state index in [-0.39, 0.29) is 34.6 Å². The van der Waals surface area contributed by atoms with Gasteiger partial charge >= 0.3 is 12.0 Å². The van der Waals surface area contributed by atoms with Gasteiger partial charge in [-0.3, -0.25) is 5.43 Å². The fraction of sp³-hybridized carbons (Fsp3) is 0.258. The molecule has 1 aliphatic heterocycles. The molecule has 3 aromatic carbocycles. The second-order valence-corrected chi connectivity index (χ2v) is 11.4. The lowest BCUT2D eigenvalue weighted by atomic mass is 9.95. The van der Waals surface area contributed by atoms with E-state index in [1.54, 1.807) is 62.4 Å². The first kappa shape index (κ1) is 35.0. The lowest BCUT2D eigenvalue weighted by Crippen LogP contribution is -2.45. The summed E-state index contributed by atoms with van der Waals surface area (Å²) in [4.78, 5) is 24.6. The van der Waals surface area contributed by atoms with Crippen molar-refractivity contribution in [1.29, 1.82) is 0 Å². The number of aliphatic hydroxyl groups excluding tert-OH is 1. The van der Waals surface area contributed by atoms with Gasteiger partial charge in [0, 0.05) is 21.3 Å². The van der Waals surface area contributed by atoms with E-state index in [9.17, 15) is 14.7 Å². The number of ether oxygens (including phenoxy) is 4. The summed E-state index contributed by atoms with van der Waals surface area (Å²) >= 11 is 24.9. The molecule has 0 radical (unpaired) electrons. The van der Waals surface area contributed by atoms with Crippen LogP contribution in [0.2, 0.25) is 20.1 Å². The molecule has 0 unspecified atom stereocenters. The summed E-state index contributed by atoms with van der Waals surface area (Å²) in [6, 6.07) is 12.0. The van der Waals surface area contributed by atoms with Crippen LogP contribution in [-0.2, 0) is 16.1 Å². The summed E-state index contributed by atoms with van der Waals surface area (Å²) in [6.07, 6.45) is 0.214. The van der Waals surface area contributed by atoms with E-state index in [1.807, 2.05) is 0 Å². The maximum absolute atomic E-state index is 12.4. The van der Waals surface area contributed by atoms with Crippen molar-refractivity contribution in [1.82, 2.24) is 16.1 Å². The highest BCUT2D eigenvalue weighted by molar-refractivity contribution is 6.37. The quantitative estimate of drug-likeness (QED) is 0.0692. The number of nitrogens with one attached hydrogen (secondary N) is 3. The fourth-order valence-electron chi connectivity index (χ4n) is 4.40. The van der Waals surface area contributed by atoms with Gasteiger partial charge < -0.3 is 34.7 Å². The molecule has 0 bridgehead atoms. The number of rotatable bonds is 13. The predicted octanol–water partition coefficient (Wildman–Crippen LogP) is 6.40. The summed E-state index contributed by atoms with van der Waals surface area (Å²) in [5, 5.41) is 21.2. The van der Waals surface area contributed by atoms with Gasteiger partial charge in [-0.05, 0) is 61.4 Å². The Morgan fingerprint density at radius 2 is 1.76 bits per heavy atom. The van der Waals surface area contributed by atoms with Crippen molar-refractivity contribution in [2.45, 2.75) is 32.7 Å². The van der Waals surface area contributed by atoms with Crippen LogP contribution in [0.5, 0.6) is 17.2 Å². The van der Waals surface area contributed by atoms with Gasteiger partial charge in [-0.25, -0.2) is 9.59 Å². The van der Waals surface area contributed by atoms with Gasteiger partial charge in [0.05, 0.1) is 41.6 Å². The van der Waals surface area contributed by atoms with E-state index in [2.05, 4.69) is 21.2 Å². The van der Waals surface area contributed by atoms with Crippen molar-refractivity contribution in [3.63, 3.8) is 0 Å². The van der Waals surface area contributed by atoms with E-state index in [0.717, 1.165) is 0 Å². The molecule has 0 saturated carbocycles. The minimum atomic E-state index is -1.21. The summed E-state index contributed by atoms with van der Waals surface area (Å²) < 4.78 is 22.2. The first-order chi connectivity index (χ1) is 22.0. The summed E-state index contributed by atoms with van der Waals surface area (Å²) in [6.45, 7) is 3.65. The van der Waals surface area contributed by atoms with Gasteiger partial charge in [0.15, 0.2) is 23.5 Å². The number of methoxy groups -OCH3 is 1. The Hall–Kier alpha value is -3.87. The Bertz CT molecular complexity index is 1640. The average molecular weight is 712 g/mol. The molecule has 244 valence electrons. The van der Waals surface area contributed by atoms with Gasteiger partial charge in [-0.15, -0.1) is 0 Å². The molecule has 2 amide bonds. The van der Waals surface area contributed by atoms with Gasteiger partial charge in [0.1, 0.15) is 13.2 Å². The number of esters is 1. The number of urea groups is 1. The van der Waals surface area contributed by atoms with Crippen LogP contribution < -0.4 is 30.3 Å². The normalized spacial score (nSPS) is 15.2. The summed E-state index contributed by atoms with van der Waals surface area (Å²) in [7, 11) is 1.26. The number of nitrogens with zero attached hydrogens (tertiary/aromatic N) is 1. The third-order valence-corrected chi connectivity index (χ3v) is 7.67. The highest BCUT2D eigenvalue weighted by Crippen LogP contribution is 2.36. The second-order valence-electron chi connectivity index (χ2n) is 9.75. The van der Waals surface area contributed by atoms with Crippen LogP contribution in [0.3, 0.4) is 0 Å². The molecule has 1 aliphatic rings. The maximum atomic E-state index is 12.4. The predicted molar refractivity (Wildman–Crippen MR) is 176 cm³/mol. The molecule has 11 nitrogen and oxygen atoms in total. The maximum Gasteiger partial charge on any atom is 0.337 e. The van der Waals surface area contributed by atoms with Crippen molar-refractivity contribution in [3.05, 3.63) is 96.6 Å². The molecule has 1 heterocycles. The Morgan fingerprint density at radius 1 is 1.02 bits per heavy atom. The number of hydrogen-bond donors (Lipinski definition) is 4. The number of aliphatic hydroxyl groups is 1. The van der Waals surface area contributed by atoms with Crippen LogP contribution >= 0.6 is 46.4 Å². The zero-order chi connectivity index (χ0) is 33.4. The number of carbonyl (C=O) groups is 2. The molecule has 15 heteroatoms. The second kappa shape index (κ2) is 16.1. The number of hydrogen-bond acceptors (Lipinski definition) is 9. The SMILES string of the molecule is CCOc1cc([C@H]2NC(=O)NC(C)=C2C(=O)OC)ccc1OC[C@@H](O)N/N=C\c1cc(Cl)c(OCc2ccc(Cl)cc2Cl)c(Cl)c1. The molecule has 0 saturated heterocycles. The van der Waals surface area contributed by atoms with Crippen molar-refractivity contribution in [2.75, 3.05) is 20.3 Å². The Labute approximate surface area is 285 Å². The van der Waals surface area contributed by atoms with E-state index in [4.69, 9.17) is 65.4 Å². The standard InChI is InChI=1S/C31H30Cl4N4O7/c1-4-44-25-11-18(28-27(30(41)43-3)16(2)37-31(42)38-28)6-8-24(25)45-15-26(40)39-36-13-17-9-22(34)29(23(35)10-17)46-14-19-5-7-20(32)12-21(19)33/h5-13,26,28,39-40H,4,14-15H2,1-3H3,(H2,37,38,42)/b36-13-/t26-,28-/m1/s1. The van der Waals surface area contributed by atoms with Crippen LogP contribution in [0.4, 0.5) is 4.79 Å². The monoisotopic (exact) mass is 710 g/mol. The number of benzene rings is 3. The van der Waals surface area contributed by atoms with Crippen LogP contribution in [0.1, 0.15) is 36.6 Å². The average Bonchev–Trinajstić information content (AvgIpc) is 3.00. The van der Waals surface area contributed by atoms with Gasteiger partial charge in [0.2, 0.25) is 0 Å². The van der Waals surface area contributed by atoms with E-state index < -0.39 is 24.3 Å². The number of carbonyl (C=O) groups excluding carboxylic acids is 2. The molecule has 46 heavy (non-hydrogen) atoms. The van der Waals surface area contributed by atoms with Crippen molar-refractivity contribution in [2.24, 2.45) is 5.10 Å². The number of allylic oxidation sites excluding steroid dienone is 1. The first-order valence-electron chi connectivity index (χ1n) is 13.8. The molecule has 0 fully saturated rings. The van der Waals surface area contributed by atoms with Gasteiger partial charge in [-0.1, -0.05) is 58.5 Å². The number of amides is 2. The molecule has 4 rings (SSSR count). The van der Waals surface area contributed by atoms with Crippen LogP contribution in [0.25, 0.3) is 0 Å². The molecule has 3 aromatic rings. The molecule has 4 N–H and O–H groups in total. The molecular formula is C31H30Cl4N4O7. The van der Waals surface area contributed by atoms with Crippen LogP contribution in [0, 0.1) is 0 Å². The topological polar surface area (TPSA) is 140 Å². The minimum absolute atomic E-state index is 0.129. The third-order valence-electron chi connectivity index (χ3n) is 6.52. The largest absolute Gasteiger partial charge is 0.490 e. The van der Waals surface area contributed by atoms with E-state index >= 15 is 0 Å². The number of hydrazone groups is 1. The highest BCUT2D eigenvalue weighted by atomic mass is 35.5. The first-order valence-corrected chi connectivity index (χ1v) is 15.3. The Balaban J connectivity index is 1.37. The third kappa shape index (κ3) is 8.89. The van der Waals surface area contributed by atoms with Crippen molar-refractivity contribution in [3.8, 4) is 17.2 Å². The van der Waals surface area contributed by atoms with Gasteiger partial charge in [-0.2, -0.15) is 5.10 Å². The van der Waals surface area contributed by atoms with E-state index in [0.29, 0.717) is 50.5 Å². The number of halogens is 4. The fourth-order valence-corrected chi connectivity index (χ4v) is 5.48. The molecule has 0 aromatic heterocycles. The van der Waals surface area contributed by atoms with E-state index in [1.165, 1.54) is 13.3 Å². The molecule has 0 spiro atoms.